The van der Waals surface area contributed by atoms with Crippen molar-refractivity contribution >= 4 is 28.6 Å². The Bertz CT molecular complexity index is 1100. The summed E-state index contributed by atoms with van der Waals surface area (Å²) in [4.78, 5) is 23.0. The minimum absolute atomic E-state index is 0.0504. The number of aliphatic carboxylic acids is 1. The van der Waals surface area contributed by atoms with Crippen LogP contribution in [-0.2, 0) is 4.79 Å². The topological polar surface area (TPSA) is 95.8 Å². The first-order chi connectivity index (χ1) is 16.5. The summed E-state index contributed by atoms with van der Waals surface area (Å²) in [6.45, 7) is 2.27. The molecule has 0 unspecified atom stereocenters. The molecule has 3 heterocycles. The van der Waals surface area contributed by atoms with E-state index < -0.39 is 18.0 Å². The molecule has 2 N–H and O–H groups in total. The number of pyridine rings is 2. The van der Waals surface area contributed by atoms with Crippen LogP contribution < -0.4 is 4.74 Å². The monoisotopic (exact) mass is 481 g/mol. The van der Waals surface area contributed by atoms with Gasteiger partial charge in [-0.2, -0.15) is 0 Å². The number of fused-ring (bicyclic) bond motifs is 1. The number of ether oxygens (including phenoxy) is 1. The summed E-state index contributed by atoms with van der Waals surface area (Å²) >= 11 is 1.69. The molecule has 0 bridgehead atoms. The van der Waals surface area contributed by atoms with E-state index in [4.69, 9.17) is 4.74 Å². The average Bonchev–Trinajstić information content (AvgIpc) is 2.87. The third kappa shape index (κ3) is 6.05. The van der Waals surface area contributed by atoms with Gasteiger partial charge in [0.2, 0.25) is 0 Å². The minimum Gasteiger partial charge on any atom is -0.497 e. The van der Waals surface area contributed by atoms with Crippen LogP contribution in [0.2, 0.25) is 0 Å². The number of likely N-dealkylation sites (tertiary alicyclic amines) is 1. The standard InChI is InChI=1S/C26H31N3O4S/c1-33-19-6-7-23-21(16-19)20(9-12-27-23)24(30)8-5-18-10-13-29(17-22(18)26(31)32)14-15-34-25-4-2-3-11-28-25/h2-4,6-7,9,11-12,16,18,22,24,30H,5,8,10,13-15,17H2,1H3,(H,31,32)/t18-,22+,24-/m1/s1. The van der Waals surface area contributed by atoms with Gasteiger partial charge in [-0.3, -0.25) is 9.78 Å². The van der Waals surface area contributed by atoms with Crippen LogP contribution >= 0.6 is 11.8 Å². The fourth-order valence-corrected chi connectivity index (χ4v) is 5.57. The van der Waals surface area contributed by atoms with E-state index in [2.05, 4.69) is 14.9 Å². The summed E-state index contributed by atoms with van der Waals surface area (Å²) in [6, 6.07) is 13.3. The molecule has 0 radical (unpaired) electrons. The summed E-state index contributed by atoms with van der Waals surface area (Å²) in [5, 5.41) is 22.7. The van der Waals surface area contributed by atoms with Gasteiger partial charge < -0.3 is 19.8 Å². The number of aliphatic hydroxyl groups excluding tert-OH is 1. The lowest BCUT2D eigenvalue weighted by Gasteiger charge is -2.36. The van der Waals surface area contributed by atoms with E-state index in [-0.39, 0.29) is 5.92 Å². The highest BCUT2D eigenvalue weighted by Gasteiger charge is 2.34. The SMILES string of the molecule is COc1ccc2nccc([C@H](O)CC[C@@H]3CCN(CCSc4ccccn4)C[C@@H]3C(=O)O)c2c1. The quantitative estimate of drug-likeness (QED) is 0.415. The molecule has 3 aromatic rings. The minimum atomic E-state index is -0.749. The lowest BCUT2D eigenvalue weighted by atomic mass is 9.81. The van der Waals surface area contributed by atoms with E-state index in [0.717, 1.165) is 46.8 Å². The molecule has 1 aliphatic rings. The lowest BCUT2D eigenvalue weighted by molar-refractivity contribution is -0.146. The van der Waals surface area contributed by atoms with Crippen LogP contribution in [0.5, 0.6) is 5.75 Å². The predicted molar refractivity (Wildman–Crippen MR) is 133 cm³/mol. The second kappa shape index (κ2) is 11.6. The molecular formula is C26H31N3O4S. The number of thioether (sulfide) groups is 1. The first-order valence-electron chi connectivity index (χ1n) is 11.6. The molecule has 0 aliphatic carbocycles. The number of carboxylic acid groups (broad SMARTS) is 1. The van der Waals surface area contributed by atoms with Crippen molar-refractivity contribution in [1.29, 1.82) is 0 Å². The molecule has 1 aromatic carbocycles. The van der Waals surface area contributed by atoms with Gasteiger partial charge in [0.25, 0.3) is 0 Å². The van der Waals surface area contributed by atoms with Gasteiger partial charge in [0.1, 0.15) is 5.75 Å². The highest BCUT2D eigenvalue weighted by atomic mass is 32.2. The Morgan fingerprint density at radius 3 is 2.88 bits per heavy atom. The molecule has 34 heavy (non-hydrogen) atoms. The fourth-order valence-electron chi connectivity index (χ4n) is 4.70. The van der Waals surface area contributed by atoms with Crippen molar-refractivity contribution in [3.63, 3.8) is 0 Å². The summed E-state index contributed by atoms with van der Waals surface area (Å²) in [5.74, 6) is 0.476. The Labute approximate surface area is 204 Å². The summed E-state index contributed by atoms with van der Waals surface area (Å²) in [5.41, 5.74) is 1.61. The second-order valence-electron chi connectivity index (χ2n) is 8.69. The van der Waals surface area contributed by atoms with Crippen LogP contribution in [0.3, 0.4) is 0 Å². The zero-order chi connectivity index (χ0) is 23.9. The number of aromatic nitrogens is 2. The Morgan fingerprint density at radius 2 is 2.12 bits per heavy atom. The van der Waals surface area contributed by atoms with E-state index in [9.17, 15) is 15.0 Å². The Kier molecular flexibility index (Phi) is 8.37. The zero-order valence-electron chi connectivity index (χ0n) is 19.3. The number of carbonyl (C=O) groups is 1. The van der Waals surface area contributed by atoms with Crippen LogP contribution in [0.1, 0.15) is 30.9 Å². The maximum atomic E-state index is 12.0. The van der Waals surface area contributed by atoms with Crippen molar-refractivity contribution in [3.05, 3.63) is 60.4 Å². The van der Waals surface area contributed by atoms with Gasteiger partial charge in [0, 0.05) is 36.6 Å². The smallest absolute Gasteiger partial charge is 0.308 e. The van der Waals surface area contributed by atoms with Crippen LogP contribution in [0, 0.1) is 11.8 Å². The van der Waals surface area contributed by atoms with Gasteiger partial charge in [-0.25, -0.2) is 4.98 Å². The molecule has 1 saturated heterocycles. The van der Waals surface area contributed by atoms with Crippen molar-refractivity contribution in [2.45, 2.75) is 30.4 Å². The van der Waals surface area contributed by atoms with Gasteiger partial charge >= 0.3 is 5.97 Å². The Hall–Kier alpha value is -2.68. The summed E-state index contributed by atoms with van der Waals surface area (Å²) in [7, 11) is 1.61. The number of nitrogens with zero attached hydrogens (tertiary/aromatic N) is 3. The molecule has 0 saturated carbocycles. The maximum Gasteiger partial charge on any atom is 0.308 e. The lowest BCUT2D eigenvalue weighted by Crippen LogP contribution is -2.44. The van der Waals surface area contributed by atoms with Gasteiger partial charge in [-0.15, -0.1) is 11.8 Å². The third-order valence-corrected chi connectivity index (χ3v) is 7.53. The molecule has 4 rings (SSSR count). The van der Waals surface area contributed by atoms with E-state index in [1.165, 1.54) is 0 Å². The van der Waals surface area contributed by atoms with Crippen LogP contribution in [0.25, 0.3) is 10.9 Å². The normalized spacial score (nSPS) is 19.7. The van der Waals surface area contributed by atoms with Crippen molar-refractivity contribution in [1.82, 2.24) is 14.9 Å². The molecule has 2 aromatic heterocycles. The highest BCUT2D eigenvalue weighted by Crippen LogP contribution is 2.34. The molecule has 7 nitrogen and oxygen atoms in total. The molecule has 0 amide bonds. The molecule has 1 aliphatic heterocycles. The third-order valence-electron chi connectivity index (χ3n) is 6.60. The van der Waals surface area contributed by atoms with E-state index in [1.807, 2.05) is 42.5 Å². The molecular weight excluding hydrogens is 450 g/mol. The molecule has 8 heteroatoms. The maximum absolute atomic E-state index is 12.0. The molecule has 0 spiro atoms. The Balaban J connectivity index is 1.34. The van der Waals surface area contributed by atoms with Crippen molar-refractivity contribution < 1.29 is 19.7 Å². The Morgan fingerprint density at radius 1 is 1.24 bits per heavy atom. The number of hydrogen-bond acceptors (Lipinski definition) is 7. The summed E-state index contributed by atoms with van der Waals surface area (Å²) in [6.07, 6.45) is 4.81. The van der Waals surface area contributed by atoms with Crippen molar-refractivity contribution in [2.75, 3.05) is 32.5 Å². The number of aliphatic hydroxyl groups is 1. The van der Waals surface area contributed by atoms with Gasteiger partial charge in [-0.1, -0.05) is 6.07 Å². The first kappa shape index (κ1) is 24.4. The first-order valence-corrected chi connectivity index (χ1v) is 12.6. The van der Waals surface area contributed by atoms with Crippen LogP contribution in [0.15, 0.2) is 59.9 Å². The van der Waals surface area contributed by atoms with Crippen LogP contribution in [0.4, 0.5) is 0 Å². The van der Waals surface area contributed by atoms with Crippen LogP contribution in [-0.4, -0.2) is 63.5 Å². The van der Waals surface area contributed by atoms with E-state index in [1.54, 1.807) is 31.3 Å². The highest BCUT2D eigenvalue weighted by molar-refractivity contribution is 7.99. The van der Waals surface area contributed by atoms with Gasteiger partial charge in [0.05, 0.1) is 29.7 Å². The largest absolute Gasteiger partial charge is 0.497 e. The van der Waals surface area contributed by atoms with Gasteiger partial charge in [-0.05, 0) is 73.7 Å². The fraction of sp³-hybridized carbons (Fsp3) is 0.423. The number of methoxy groups -OCH3 is 1. The number of rotatable bonds is 10. The molecule has 1 fully saturated rings. The van der Waals surface area contributed by atoms with E-state index >= 15 is 0 Å². The average molecular weight is 482 g/mol. The molecule has 180 valence electrons. The number of hydrogen-bond donors (Lipinski definition) is 2. The molecule has 3 atom stereocenters. The number of carboxylic acids is 1. The van der Waals surface area contributed by atoms with Crippen molar-refractivity contribution in [3.8, 4) is 5.75 Å². The van der Waals surface area contributed by atoms with Gasteiger partial charge in [0.15, 0.2) is 0 Å². The number of benzene rings is 1. The zero-order valence-corrected chi connectivity index (χ0v) is 20.2. The van der Waals surface area contributed by atoms with Crippen molar-refractivity contribution in [2.24, 2.45) is 11.8 Å². The van der Waals surface area contributed by atoms with E-state index in [0.29, 0.717) is 25.1 Å². The predicted octanol–water partition coefficient (Wildman–Crippen LogP) is 4.27. The second-order valence-corrected chi connectivity index (χ2v) is 9.80. The number of piperidine rings is 1. The summed E-state index contributed by atoms with van der Waals surface area (Å²) < 4.78 is 5.33.